The van der Waals surface area contributed by atoms with Crippen molar-refractivity contribution < 1.29 is 0 Å². The van der Waals surface area contributed by atoms with E-state index in [4.69, 9.17) is 15.0 Å². The molecule has 4 heteroatoms. The number of rotatable bonds is 6. The van der Waals surface area contributed by atoms with Crippen molar-refractivity contribution in [2.45, 2.75) is 0 Å². The molecule has 0 aliphatic rings. The van der Waals surface area contributed by atoms with Crippen LogP contribution in [0.25, 0.3) is 116 Å². The standard InChI is InChI=1S/C57H36N4/c1-2-15-38(16-3-1)55-58-56(39-28-31-45(32-29-39)61-52-26-10-8-24-48(52)49-25-9-11-27-53(49)61)60-57(59-55)44-21-13-19-41(35-44)40-18-12-20-43(34-40)54-47-23-7-5-17-42(47)36-51-46-22-6-4-14-37(46)30-33-50(51)54/h1-36H. The maximum Gasteiger partial charge on any atom is 0.164 e. The van der Waals surface area contributed by atoms with E-state index in [1.165, 1.54) is 65.3 Å². The molecule has 4 nitrogen and oxygen atoms in total. The molecule has 0 spiro atoms. The Hall–Kier alpha value is -8.21. The van der Waals surface area contributed by atoms with Crippen molar-refractivity contribution in [1.29, 1.82) is 0 Å². The van der Waals surface area contributed by atoms with Crippen molar-refractivity contribution in [2.24, 2.45) is 0 Å². The molecule has 0 bridgehead atoms. The van der Waals surface area contributed by atoms with Crippen LogP contribution in [-0.2, 0) is 0 Å². The van der Waals surface area contributed by atoms with Gasteiger partial charge in [0.05, 0.1) is 11.0 Å². The maximum absolute atomic E-state index is 5.16. The molecular weight excluding hydrogens is 741 g/mol. The minimum absolute atomic E-state index is 0.625. The van der Waals surface area contributed by atoms with E-state index < -0.39 is 0 Å². The first-order valence-electron chi connectivity index (χ1n) is 20.7. The molecule has 61 heavy (non-hydrogen) atoms. The number of nitrogens with zero attached hydrogens (tertiary/aromatic N) is 4. The molecule has 0 saturated carbocycles. The summed E-state index contributed by atoms with van der Waals surface area (Å²) in [7, 11) is 0. The summed E-state index contributed by atoms with van der Waals surface area (Å²) in [6, 6.07) is 77.7. The van der Waals surface area contributed by atoms with Gasteiger partial charge in [-0.1, -0.05) is 164 Å². The topological polar surface area (TPSA) is 43.6 Å². The minimum atomic E-state index is 0.625. The van der Waals surface area contributed by atoms with Gasteiger partial charge >= 0.3 is 0 Å². The summed E-state index contributed by atoms with van der Waals surface area (Å²) >= 11 is 0. The van der Waals surface area contributed by atoms with Gasteiger partial charge in [0.25, 0.3) is 0 Å². The summed E-state index contributed by atoms with van der Waals surface area (Å²) in [5.41, 5.74) is 10.9. The van der Waals surface area contributed by atoms with Crippen LogP contribution >= 0.6 is 0 Å². The van der Waals surface area contributed by atoms with Gasteiger partial charge < -0.3 is 4.57 Å². The van der Waals surface area contributed by atoms with Gasteiger partial charge in [-0.05, 0) is 109 Å². The van der Waals surface area contributed by atoms with E-state index in [-0.39, 0.29) is 0 Å². The molecule has 0 saturated heterocycles. The zero-order valence-corrected chi connectivity index (χ0v) is 33.1. The Morgan fingerprint density at radius 3 is 1.44 bits per heavy atom. The lowest BCUT2D eigenvalue weighted by Crippen LogP contribution is -2.00. The molecule has 12 aromatic rings. The molecule has 284 valence electrons. The Kier molecular flexibility index (Phi) is 8.13. The fourth-order valence-electron chi connectivity index (χ4n) is 9.13. The van der Waals surface area contributed by atoms with E-state index in [0.717, 1.165) is 33.5 Å². The smallest absolute Gasteiger partial charge is 0.164 e. The van der Waals surface area contributed by atoms with Crippen molar-refractivity contribution in [1.82, 2.24) is 19.5 Å². The van der Waals surface area contributed by atoms with E-state index in [9.17, 15) is 0 Å². The van der Waals surface area contributed by atoms with Gasteiger partial charge in [0.15, 0.2) is 17.5 Å². The van der Waals surface area contributed by atoms with Crippen LogP contribution in [0.2, 0.25) is 0 Å². The first-order valence-corrected chi connectivity index (χ1v) is 20.7. The molecule has 0 N–H and O–H groups in total. The van der Waals surface area contributed by atoms with Crippen LogP contribution in [0.4, 0.5) is 0 Å². The third-order valence-corrected chi connectivity index (χ3v) is 12.0. The Bertz CT molecular complexity index is 3590. The summed E-state index contributed by atoms with van der Waals surface area (Å²) in [5.74, 6) is 1.88. The Labute approximate surface area is 352 Å². The van der Waals surface area contributed by atoms with Gasteiger partial charge in [0, 0.05) is 33.2 Å². The van der Waals surface area contributed by atoms with Gasteiger partial charge in [-0.2, -0.15) is 0 Å². The highest BCUT2D eigenvalue weighted by molar-refractivity contribution is 6.20. The highest BCUT2D eigenvalue weighted by atomic mass is 15.0. The van der Waals surface area contributed by atoms with E-state index in [0.29, 0.717) is 17.5 Å². The molecule has 10 aromatic carbocycles. The second-order valence-corrected chi connectivity index (χ2v) is 15.6. The summed E-state index contributed by atoms with van der Waals surface area (Å²) in [6.45, 7) is 0. The first kappa shape index (κ1) is 34.8. The van der Waals surface area contributed by atoms with Crippen LogP contribution < -0.4 is 0 Å². The zero-order chi connectivity index (χ0) is 40.3. The average molecular weight is 777 g/mol. The Morgan fingerprint density at radius 2 is 0.754 bits per heavy atom. The van der Waals surface area contributed by atoms with E-state index >= 15 is 0 Å². The SMILES string of the molecule is c1ccc(-c2nc(-c3ccc(-n4c5ccccc5c5ccccc54)cc3)nc(-c3cccc(-c4cccc(-c5c6ccccc6cc6c5ccc5ccccc56)c4)c3)n2)cc1. The highest BCUT2D eigenvalue weighted by Crippen LogP contribution is 2.41. The number of benzene rings is 10. The van der Waals surface area contributed by atoms with Crippen LogP contribution in [-0.4, -0.2) is 19.5 Å². The predicted molar refractivity (Wildman–Crippen MR) is 254 cm³/mol. The second-order valence-electron chi connectivity index (χ2n) is 15.6. The molecule has 0 radical (unpaired) electrons. The summed E-state index contributed by atoms with van der Waals surface area (Å²) in [4.78, 5) is 15.3. The fraction of sp³-hybridized carbons (Fsp3) is 0. The third kappa shape index (κ3) is 5.96. The minimum Gasteiger partial charge on any atom is -0.309 e. The van der Waals surface area contributed by atoms with Gasteiger partial charge in [-0.3, -0.25) is 0 Å². The quantitative estimate of drug-likeness (QED) is 0.125. The number of aromatic nitrogens is 4. The Balaban J connectivity index is 0.961. The molecular formula is C57H36N4. The first-order chi connectivity index (χ1) is 30.2. The summed E-state index contributed by atoms with van der Waals surface area (Å²) < 4.78 is 2.33. The lowest BCUT2D eigenvalue weighted by atomic mass is 9.89. The van der Waals surface area contributed by atoms with Crippen LogP contribution in [0.5, 0.6) is 0 Å². The van der Waals surface area contributed by atoms with Gasteiger partial charge in [-0.15, -0.1) is 0 Å². The second kappa shape index (κ2) is 14.3. The zero-order valence-electron chi connectivity index (χ0n) is 33.1. The van der Waals surface area contributed by atoms with Crippen molar-refractivity contribution in [3.8, 4) is 62.1 Å². The molecule has 0 aliphatic heterocycles. The highest BCUT2D eigenvalue weighted by Gasteiger charge is 2.17. The normalized spacial score (nSPS) is 11.6. The third-order valence-electron chi connectivity index (χ3n) is 12.0. The molecule has 0 aliphatic carbocycles. The van der Waals surface area contributed by atoms with Crippen LogP contribution in [0, 0.1) is 0 Å². The number of hydrogen-bond acceptors (Lipinski definition) is 3. The molecule has 0 amide bonds. The van der Waals surface area contributed by atoms with Crippen LogP contribution in [0.3, 0.4) is 0 Å². The lowest BCUT2D eigenvalue weighted by molar-refractivity contribution is 1.07. The van der Waals surface area contributed by atoms with E-state index in [1.807, 2.05) is 18.2 Å². The molecule has 2 heterocycles. The van der Waals surface area contributed by atoms with Crippen LogP contribution in [0.1, 0.15) is 0 Å². The fourth-order valence-corrected chi connectivity index (χ4v) is 9.13. The molecule has 0 fully saturated rings. The van der Waals surface area contributed by atoms with E-state index in [2.05, 4.69) is 205 Å². The van der Waals surface area contributed by atoms with Crippen LogP contribution in [0.15, 0.2) is 218 Å². The van der Waals surface area contributed by atoms with E-state index in [1.54, 1.807) is 0 Å². The number of fused-ring (bicyclic) bond motifs is 7. The largest absolute Gasteiger partial charge is 0.309 e. The molecule has 12 rings (SSSR count). The predicted octanol–water partition coefficient (Wildman–Crippen LogP) is 14.8. The maximum atomic E-state index is 5.16. The Morgan fingerprint density at radius 1 is 0.262 bits per heavy atom. The van der Waals surface area contributed by atoms with Crippen molar-refractivity contribution >= 4 is 54.1 Å². The van der Waals surface area contributed by atoms with Gasteiger partial charge in [0.1, 0.15) is 0 Å². The average Bonchev–Trinajstić information content (AvgIpc) is 3.68. The van der Waals surface area contributed by atoms with Gasteiger partial charge in [-0.25, -0.2) is 15.0 Å². The molecule has 0 unspecified atom stereocenters. The molecule has 2 aromatic heterocycles. The van der Waals surface area contributed by atoms with Crippen molar-refractivity contribution in [3.63, 3.8) is 0 Å². The summed E-state index contributed by atoms with van der Waals surface area (Å²) in [6.07, 6.45) is 0. The van der Waals surface area contributed by atoms with Crippen molar-refractivity contribution in [3.05, 3.63) is 218 Å². The number of para-hydroxylation sites is 2. The molecule has 0 atom stereocenters. The number of hydrogen-bond donors (Lipinski definition) is 0. The van der Waals surface area contributed by atoms with Gasteiger partial charge in [0.2, 0.25) is 0 Å². The lowest BCUT2D eigenvalue weighted by Gasteiger charge is -2.15. The van der Waals surface area contributed by atoms with Crippen molar-refractivity contribution in [2.75, 3.05) is 0 Å². The summed E-state index contributed by atoms with van der Waals surface area (Å²) in [5, 5.41) is 9.97. The monoisotopic (exact) mass is 776 g/mol.